The van der Waals surface area contributed by atoms with E-state index in [-0.39, 0.29) is 50.4 Å². The minimum Gasteiger partial charge on any atom is -0.449 e. The van der Waals surface area contributed by atoms with Crippen molar-refractivity contribution in [1.29, 1.82) is 0 Å². The lowest BCUT2D eigenvalue weighted by Crippen LogP contribution is -2.57. The highest BCUT2D eigenvalue weighted by Crippen LogP contribution is 2.51. The molecule has 1 aromatic heterocycles. The molecule has 2 saturated heterocycles. The molecule has 21 heteroatoms. The largest absolute Gasteiger partial charge is 0.510 e. The molecular formula is C40H59N6O14P. The highest BCUT2D eigenvalue weighted by Gasteiger charge is 2.41. The lowest BCUT2D eigenvalue weighted by molar-refractivity contribution is -0.134. The summed E-state index contributed by atoms with van der Waals surface area (Å²) in [6, 6.07) is 8.87. The molecular weight excluding hydrogens is 819 g/mol. The van der Waals surface area contributed by atoms with Crippen LogP contribution in [0.3, 0.4) is 0 Å². The van der Waals surface area contributed by atoms with E-state index in [1.165, 1.54) is 29.7 Å². The lowest BCUT2D eigenvalue weighted by Gasteiger charge is -2.36. The van der Waals surface area contributed by atoms with Crippen LogP contribution in [-0.4, -0.2) is 146 Å². The Bertz CT molecular complexity index is 1790. The average molecular weight is 879 g/mol. The van der Waals surface area contributed by atoms with Crippen molar-refractivity contribution >= 4 is 43.6 Å². The summed E-state index contributed by atoms with van der Waals surface area (Å²) >= 11 is 0. The zero-order valence-corrected chi connectivity index (χ0v) is 37.0. The zero-order valence-electron chi connectivity index (χ0n) is 36.1. The van der Waals surface area contributed by atoms with Gasteiger partial charge in [0.05, 0.1) is 31.1 Å². The Morgan fingerprint density at radius 3 is 1.95 bits per heavy atom. The van der Waals surface area contributed by atoms with Gasteiger partial charge in [0.2, 0.25) is 18.5 Å². The van der Waals surface area contributed by atoms with Gasteiger partial charge in [-0.2, -0.15) is 0 Å². The van der Waals surface area contributed by atoms with E-state index in [1.54, 1.807) is 59.1 Å². The van der Waals surface area contributed by atoms with Crippen LogP contribution in [0.5, 0.6) is 0 Å². The molecule has 4 atom stereocenters. The van der Waals surface area contributed by atoms with Gasteiger partial charge in [0.1, 0.15) is 17.6 Å². The van der Waals surface area contributed by atoms with Crippen molar-refractivity contribution in [3.63, 3.8) is 0 Å². The first-order valence-electron chi connectivity index (χ1n) is 20.4. The molecule has 0 radical (unpaired) electrons. The number of rotatable bonds is 19. The second kappa shape index (κ2) is 23.3. The molecule has 2 aromatic rings. The van der Waals surface area contributed by atoms with Gasteiger partial charge < -0.3 is 48.4 Å². The maximum Gasteiger partial charge on any atom is 0.510 e. The van der Waals surface area contributed by atoms with E-state index in [9.17, 15) is 28.5 Å². The molecule has 2 aliphatic heterocycles. The molecule has 0 spiro atoms. The van der Waals surface area contributed by atoms with Crippen LogP contribution < -0.4 is 10.2 Å². The Kier molecular flexibility index (Phi) is 18.5. The molecule has 3 amide bonds. The number of nitrogens with zero attached hydrogens (tertiary/aromatic N) is 5. The third kappa shape index (κ3) is 15.4. The molecule has 3 heterocycles. The zero-order chi connectivity index (χ0) is 44.7. The topological polar surface area (TPSA) is 224 Å². The molecule has 1 aromatic carbocycles. The molecule has 0 bridgehead atoms. The average Bonchev–Trinajstić information content (AvgIpc) is 3.69. The predicted octanol–water partition coefficient (Wildman–Crippen LogP) is 5.59. The van der Waals surface area contributed by atoms with E-state index < -0.39 is 74.8 Å². The van der Waals surface area contributed by atoms with Crippen LogP contribution in [0, 0.1) is 0 Å². The number of hydrogen-bond donors (Lipinski definition) is 1. The van der Waals surface area contributed by atoms with Crippen LogP contribution in [0.25, 0.3) is 11.4 Å². The predicted molar refractivity (Wildman–Crippen MR) is 220 cm³/mol. The molecule has 0 saturated carbocycles. The Morgan fingerprint density at radius 1 is 0.820 bits per heavy atom. The van der Waals surface area contributed by atoms with Gasteiger partial charge in [-0.05, 0) is 54.4 Å². The number of aromatic nitrogens is 2. The van der Waals surface area contributed by atoms with E-state index in [4.69, 9.17) is 42.5 Å². The van der Waals surface area contributed by atoms with Crippen LogP contribution in [0.15, 0.2) is 36.4 Å². The van der Waals surface area contributed by atoms with Crippen molar-refractivity contribution in [2.75, 3.05) is 64.0 Å². The van der Waals surface area contributed by atoms with Gasteiger partial charge in [-0.25, -0.2) is 24.4 Å². The number of amides is 3. The second-order valence-electron chi connectivity index (χ2n) is 14.9. The first kappa shape index (κ1) is 48.6. The smallest absolute Gasteiger partial charge is 0.449 e. The number of anilines is 1. The molecule has 2 aliphatic rings. The number of benzene rings is 1. The van der Waals surface area contributed by atoms with E-state index in [0.29, 0.717) is 30.9 Å². The summed E-state index contributed by atoms with van der Waals surface area (Å²) in [7, 11) is -3.10. The number of methoxy groups -OCH3 is 1. The fourth-order valence-corrected chi connectivity index (χ4v) is 8.15. The van der Waals surface area contributed by atoms with Gasteiger partial charge in [0, 0.05) is 58.0 Å². The minimum absolute atomic E-state index is 0.0344. The molecule has 4 rings (SSSR count). The third-order valence-electron chi connectivity index (χ3n) is 9.17. The standard InChI is InChI=1S/C40H59N6O14P/c1-9-10-22-54-38(49)45-20-18-44(19-21-45)37(48)33(25-61(52,59-28(6)57-39(50)55-26(2)3)60-29(7)58-40(51)56-27(4)5)42-36(47)32-23-34(46-17-16-31(24-46)53-8)43-35(41-32)30-14-12-11-13-15-30/h11-15,23,26-29,31,33H,9-10,16-22,24-25H2,1-8H3,(H,42,47). The number of hydrogen-bond acceptors (Lipinski definition) is 17. The number of nitrogens with one attached hydrogen (secondary N) is 1. The molecule has 4 unspecified atom stereocenters. The number of carbonyl (C=O) groups excluding carboxylic acids is 5. The Hall–Kier alpha value is -5.04. The summed E-state index contributed by atoms with van der Waals surface area (Å²) in [5.41, 5.74) is 0.515. The third-order valence-corrected chi connectivity index (χ3v) is 11.2. The van der Waals surface area contributed by atoms with Gasteiger partial charge in [-0.3, -0.25) is 23.2 Å². The molecule has 1 N–H and O–H groups in total. The van der Waals surface area contributed by atoms with Gasteiger partial charge in [-0.15, -0.1) is 0 Å². The summed E-state index contributed by atoms with van der Waals surface area (Å²) in [6.07, 6.45) is -5.73. The summed E-state index contributed by atoms with van der Waals surface area (Å²) in [5.74, 6) is -0.856. The maximum atomic E-state index is 14.8. The van der Waals surface area contributed by atoms with Crippen LogP contribution in [-0.2, 0) is 46.8 Å². The number of piperazine rings is 1. The van der Waals surface area contributed by atoms with Crippen molar-refractivity contribution in [3.8, 4) is 11.4 Å². The molecule has 61 heavy (non-hydrogen) atoms. The molecule has 20 nitrogen and oxygen atoms in total. The summed E-state index contributed by atoms with van der Waals surface area (Å²) in [6.45, 7) is 12.5. The molecule has 0 aliphatic carbocycles. The Balaban J connectivity index is 1.69. The Morgan fingerprint density at radius 2 is 1.41 bits per heavy atom. The monoisotopic (exact) mass is 878 g/mol. The van der Waals surface area contributed by atoms with Crippen molar-refractivity contribution < 1.29 is 66.0 Å². The van der Waals surface area contributed by atoms with E-state index in [0.717, 1.165) is 12.8 Å². The minimum atomic E-state index is -4.73. The van der Waals surface area contributed by atoms with Gasteiger partial charge in [-0.1, -0.05) is 43.7 Å². The van der Waals surface area contributed by atoms with Crippen molar-refractivity contribution in [1.82, 2.24) is 25.1 Å². The fourth-order valence-electron chi connectivity index (χ4n) is 6.24. The van der Waals surface area contributed by atoms with Crippen LogP contribution in [0.1, 0.15) is 78.2 Å². The summed E-state index contributed by atoms with van der Waals surface area (Å²) in [5, 5.41) is 2.69. The van der Waals surface area contributed by atoms with Crippen LogP contribution in [0.4, 0.5) is 20.2 Å². The first-order valence-corrected chi connectivity index (χ1v) is 22.2. The number of unbranched alkanes of at least 4 members (excludes halogenated alkanes) is 1. The quantitative estimate of drug-likeness (QED) is 0.0597. The van der Waals surface area contributed by atoms with E-state index >= 15 is 0 Å². The fraction of sp³-hybridized carbons (Fsp3) is 0.625. The van der Waals surface area contributed by atoms with E-state index in [2.05, 4.69) is 10.3 Å². The van der Waals surface area contributed by atoms with E-state index in [1.807, 2.05) is 17.9 Å². The van der Waals surface area contributed by atoms with Gasteiger partial charge >= 0.3 is 26.0 Å². The van der Waals surface area contributed by atoms with Crippen LogP contribution in [0.2, 0.25) is 0 Å². The molecule has 338 valence electrons. The lowest BCUT2D eigenvalue weighted by atomic mass is 10.2. The Labute approximate surface area is 356 Å². The number of ether oxygens (including phenoxy) is 6. The van der Waals surface area contributed by atoms with Crippen molar-refractivity contribution in [2.24, 2.45) is 0 Å². The van der Waals surface area contributed by atoms with Gasteiger partial charge in [0.25, 0.3) is 5.91 Å². The summed E-state index contributed by atoms with van der Waals surface area (Å²) < 4.78 is 57.5. The first-order chi connectivity index (χ1) is 29.0. The highest BCUT2D eigenvalue weighted by atomic mass is 31.2. The summed E-state index contributed by atoms with van der Waals surface area (Å²) in [4.78, 5) is 80.5. The SMILES string of the molecule is CCCCOC(=O)N1CCN(C(=O)C(CP(=O)(OC(C)OC(=O)OC(C)C)OC(C)OC(=O)OC(C)C)NC(=O)c2cc(N3CCC(OC)C3)nc(-c3ccccc3)n2)CC1. The maximum absolute atomic E-state index is 14.8. The normalized spacial score (nSPS) is 17.9. The number of carbonyl (C=O) groups is 5. The second-order valence-corrected chi connectivity index (χ2v) is 16.9. The highest BCUT2D eigenvalue weighted by molar-refractivity contribution is 7.54. The molecule has 2 fully saturated rings. The van der Waals surface area contributed by atoms with Crippen molar-refractivity contribution in [3.05, 3.63) is 42.1 Å². The van der Waals surface area contributed by atoms with Crippen LogP contribution >= 0.6 is 7.60 Å². The van der Waals surface area contributed by atoms with Gasteiger partial charge in [0.15, 0.2) is 5.82 Å². The van der Waals surface area contributed by atoms with Crippen molar-refractivity contribution in [2.45, 2.75) is 105 Å².